The highest BCUT2D eigenvalue weighted by Gasteiger charge is 2.18. The molecule has 0 unspecified atom stereocenters. The zero-order valence-electron chi connectivity index (χ0n) is 8.42. The van der Waals surface area contributed by atoms with Gasteiger partial charge in [-0.05, 0) is 26.2 Å². The second kappa shape index (κ2) is 5.97. The number of likely N-dealkylation sites (tertiary alicyclic amines) is 1. The average molecular weight is 185 g/mol. The second-order valence-corrected chi connectivity index (χ2v) is 3.39. The Morgan fingerprint density at radius 3 is 2.92 bits per heavy atom. The fourth-order valence-electron chi connectivity index (χ4n) is 1.59. The Morgan fingerprint density at radius 2 is 2.31 bits per heavy atom. The molecule has 0 atom stereocenters. The molecule has 3 heteroatoms. The summed E-state index contributed by atoms with van der Waals surface area (Å²) in [5.74, 6) is 0.330. The van der Waals surface area contributed by atoms with Crippen LogP contribution in [-0.2, 0) is 9.53 Å². The summed E-state index contributed by atoms with van der Waals surface area (Å²) in [6, 6.07) is 0. The van der Waals surface area contributed by atoms with Crippen LogP contribution in [0.15, 0.2) is 0 Å². The monoisotopic (exact) mass is 185 g/mol. The molecule has 1 fully saturated rings. The fourth-order valence-corrected chi connectivity index (χ4v) is 1.59. The molecule has 1 aliphatic heterocycles. The molecule has 0 saturated carbocycles. The highest BCUT2D eigenvalue weighted by atomic mass is 16.5. The van der Waals surface area contributed by atoms with Crippen LogP contribution in [0.4, 0.5) is 0 Å². The van der Waals surface area contributed by atoms with Crippen molar-refractivity contribution in [3.05, 3.63) is 0 Å². The first-order valence-electron chi connectivity index (χ1n) is 5.20. The topological polar surface area (TPSA) is 29.5 Å². The number of hydrogen-bond acceptors (Lipinski definition) is 2. The number of unbranched alkanes of at least 4 members (excludes halogenated alkanes) is 1. The van der Waals surface area contributed by atoms with Crippen molar-refractivity contribution < 1.29 is 9.53 Å². The van der Waals surface area contributed by atoms with Gasteiger partial charge in [-0.3, -0.25) is 4.79 Å². The maximum absolute atomic E-state index is 11.2. The maximum Gasteiger partial charge on any atom is 0.222 e. The molecule has 0 aromatic rings. The van der Waals surface area contributed by atoms with Crippen LogP contribution in [0.1, 0.15) is 32.6 Å². The van der Waals surface area contributed by atoms with E-state index in [1.54, 1.807) is 0 Å². The third-order valence-corrected chi connectivity index (χ3v) is 2.34. The van der Waals surface area contributed by atoms with Gasteiger partial charge >= 0.3 is 0 Å². The minimum atomic E-state index is 0.330. The van der Waals surface area contributed by atoms with E-state index in [0.29, 0.717) is 5.91 Å². The molecule has 0 radical (unpaired) electrons. The van der Waals surface area contributed by atoms with Gasteiger partial charge in [0.2, 0.25) is 5.91 Å². The first kappa shape index (κ1) is 10.5. The van der Waals surface area contributed by atoms with Crippen molar-refractivity contribution in [2.45, 2.75) is 32.6 Å². The molecule has 1 amide bonds. The normalized spacial score (nSPS) is 17.0. The smallest absolute Gasteiger partial charge is 0.222 e. The van der Waals surface area contributed by atoms with Crippen molar-refractivity contribution in [3.8, 4) is 0 Å². The lowest BCUT2D eigenvalue weighted by atomic mass is 10.3. The average Bonchev–Trinajstić information content (AvgIpc) is 2.52. The van der Waals surface area contributed by atoms with Crippen LogP contribution in [0.2, 0.25) is 0 Å². The van der Waals surface area contributed by atoms with E-state index >= 15 is 0 Å². The van der Waals surface area contributed by atoms with Crippen molar-refractivity contribution in [2.24, 2.45) is 0 Å². The molecule has 0 spiro atoms. The van der Waals surface area contributed by atoms with Crippen molar-refractivity contribution in [1.82, 2.24) is 4.90 Å². The quantitative estimate of drug-likeness (QED) is 0.586. The van der Waals surface area contributed by atoms with E-state index in [0.717, 1.165) is 52.0 Å². The largest absolute Gasteiger partial charge is 0.382 e. The van der Waals surface area contributed by atoms with Gasteiger partial charge in [0.25, 0.3) is 0 Å². The number of ether oxygens (including phenoxy) is 1. The standard InChI is InChI=1S/C10H19NO2/c1-2-13-9-4-3-7-11-8-5-6-10(11)12/h2-9H2,1H3. The lowest BCUT2D eigenvalue weighted by molar-refractivity contribution is -0.127. The van der Waals surface area contributed by atoms with Crippen molar-refractivity contribution in [3.63, 3.8) is 0 Å². The highest BCUT2D eigenvalue weighted by Crippen LogP contribution is 2.10. The number of amides is 1. The number of carbonyl (C=O) groups excluding carboxylic acids is 1. The predicted octanol–water partition coefficient (Wildman–Crippen LogP) is 1.43. The van der Waals surface area contributed by atoms with Crippen LogP contribution >= 0.6 is 0 Å². The molecule has 1 rings (SSSR count). The molecule has 76 valence electrons. The molecule has 0 aromatic carbocycles. The van der Waals surface area contributed by atoms with Gasteiger partial charge in [-0.2, -0.15) is 0 Å². The Bertz CT molecular complexity index is 159. The lowest BCUT2D eigenvalue weighted by Crippen LogP contribution is -2.25. The molecule has 1 aliphatic rings. The van der Waals surface area contributed by atoms with Gasteiger partial charge in [0.1, 0.15) is 0 Å². The summed E-state index contributed by atoms with van der Waals surface area (Å²) in [6.45, 7) is 5.52. The molecule has 1 heterocycles. The number of hydrogen-bond donors (Lipinski definition) is 0. The number of rotatable bonds is 6. The van der Waals surface area contributed by atoms with Gasteiger partial charge in [-0.15, -0.1) is 0 Å². The molecular weight excluding hydrogens is 166 g/mol. The number of carbonyl (C=O) groups is 1. The van der Waals surface area contributed by atoms with E-state index in [9.17, 15) is 4.79 Å². The van der Waals surface area contributed by atoms with E-state index in [1.165, 1.54) is 0 Å². The molecule has 1 saturated heterocycles. The second-order valence-electron chi connectivity index (χ2n) is 3.39. The SMILES string of the molecule is CCOCCCCN1CCCC1=O. The van der Waals surface area contributed by atoms with Crippen LogP contribution in [0.3, 0.4) is 0 Å². The van der Waals surface area contributed by atoms with Crippen molar-refractivity contribution in [2.75, 3.05) is 26.3 Å². The Kier molecular flexibility index (Phi) is 4.83. The van der Waals surface area contributed by atoms with Crippen LogP contribution in [0, 0.1) is 0 Å². The summed E-state index contributed by atoms with van der Waals surface area (Å²) in [4.78, 5) is 13.2. The van der Waals surface area contributed by atoms with Crippen molar-refractivity contribution in [1.29, 1.82) is 0 Å². The summed E-state index contributed by atoms with van der Waals surface area (Å²) in [7, 11) is 0. The van der Waals surface area contributed by atoms with Gasteiger partial charge in [0, 0.05) is 32.7 Å². The van der Waals surface area contributed by atoms with Crippen LogP contribution in [0.25, 0.3) is 0 Å². The Labute approximate surface area is 80.1 Å². The molecule has 13 heavy (non-hydrogen) atoms. The Morgan fingerprint density at radius 1 is 1.46 bits per heavy atom. The zero-order valence-corrected chi connectivity index (χ0v) is 8.42. The molecule has 0 aliphatic carbocycles. The summed E-state index contributed by atoms with van der Waals surface area (Å²) in [5.41, 5.74) is 0. The molecule has 3 nitrogen and oxygen atoms in total. The lowest BCUT2D eigenvalue weighted by Gasteiger charge is -2.14. The molecule has 0 aromatic heterocycles. The highest BCUT2D eigenvalue weighted by molar-refractivity contribution is 5.77. The molecule has 0 N–H and O–H groups in total. The van der Waals surface area contributed by atoms with Crippen LogP contribution in [-0.4, -0.2) is 37.1 Å². The first-order chi connectivity index (χ1) is 6.34. The predicted molar refractivity (Wildman–Crippen MR) is 51.5 cm³/mol. The number of nitrogens with zero attached hydrogens (tertiary/aromatic N) is 1. The summed E-state index contributed by atoms with van der Waals surface area (Å²) < 4.78 is 5.22. The molecular formula is C10H19NO2. The van der Waals surface area contributed by atoms with Gasteiger partial charge in [-0.1, -0.05) is 0 Å². The van der Waals surface area contributed by atoms with E-state index in [-0.39, 0.29) is 0 Å². The fraction of sp³-hybridized carbons (Fsp3) is 0.900. The van der Waals surface area contributed by atoms with Gasteiger partial charge in [0.05, 0.1) is 0 Å². The minimum absolute atomic E-state index is 0.330. The summed E-state index contributed by atoms with van der Waals surface area (Å²) >= 11 is 0. The maximum atomic E-state index is 11.2. The van der Waals surface area contributed by atoms with Gasteiger partial charge < -0.3 is 9.64 Å². The van der Waals surface area contributed by atoms with E-state index in [1.807, 2.05) is 11.8 Å². The Balaban J connectivity index is 1.96. The van der Waals surface area contributed by atoms with E-state index < -0.39 is 0 Å². The minimum Gasteiger partial charge on any atom is -0.382 e. The third kappa shape index (κ3) is 3.77. The van der Waals surface area contributed by atoms with E-state index in [4.69, 9.17) is 4.74 Å². The molecule has 0 bridgehead atoms. The third-order valence-electron chi connectivity index (χ3n) is 2.34. The van der Waals surface area contributed by atoms with Gasteiger partial charge in [-0.25, -0.2) is 0 Å². The summed E-state index contributed by atoms with van der Waals surface area (Å²) in [6.07, 6.45) is 3.94. The zero-order chi connectivity index (χ0) is 9.52. The summed E-state index contributed by atoms with van der Waals surface area (Å²) in [5, 5.41) is 0. The van der Waals surface area contributed by atoms with Crippen molar-refractivity contribution >= 4 is 5.91 Å². The van der Waals surface area contributed by atoms with Crippen LogP contribution < -0.4 is 0 Å². The van der Waals surface area contributed by atoms with E-state index in [2.05, 4.69) is 0 Å². The van der Waals surface area contributed by atoms with Gasteiger partial charge in [0.15, 0.2) is 0 Å². The van der Waals surface area contributed by atoms with Crippen LogP contribution in [0.5, 0.6) is 0 Å². The first-order valence-corrected chi connectivity index (χ1v) is 5.20. The Hall–Kier alpha value is -0.570.